The summed E-state index contributed by atoms with van der Waals surface area (Å²) < 4.78 is 25.3. The summed E-state index contributed by atoms with van der Waals surface area (Å²) in [5, 5.41) is -0.954. The maximum Gasteiger partial charge on any atom is 0.325 e. The summed E-state index contributed by atoms with van der Waals surface area (Å²) in [5.41, 5.74) is 1.02. The molecule has 0 bridgehead atoms. The van der Waals surface area contributed by atoms with Crippen LogP contribution in [0.2, 0.25) is 0 Å². The second kappa shape index (κ2) is 16.1. The molecule has 0 spiro atoms. The van der Waals surface area contributed by atoms with Gasteiger partial charge in [-0.3, -0.25) is 4.85 Å². The molecule has 1 unspecified atom stereocenters. The number of aryl methyl sites for hydroxylation is 1. The molecule has 168 valence electrons. The number of rotatable bonds is 17. The minimum atomic E-state index is -3.55. The third-order valence-electron chi connectivity index (χ3n) is 5.56. The van der Waals surface area contributed by atoms with Gasteiger partial charge in [-0.15, -0.1) is 0 Å². The van der Waals surface area contributed by atoms with Crippen LogP contribution in [0.3, 0.4) is 0 Å². The van der Waals surface area contributed by atoms with E-state index in [-0.39, 0.29) is 4.90 Å². The Morgan fingerprint density at radius 1 is 0.833 bits per heavy atom. The Hall–Kier alpha value is -1.60. The van der Waals surface area contributed by atoms with E-state index in [0.717, 1.165) is 31.2 Å². The van der Waals surface area contributed by atoms with E-state index in [1.165, 1.54) is 57.8 Å². The second-order valence-electron chi connectivity index (χ2n) is 8.31. The molecule has 0 heterocycles. The summed E-state index contributed by atoms with van der Waals surface area (Å²) in [6.45, 7) is 11.5. The molecule has 0 fully saturated rings. The van der Waals surface area contributed by atoms with Crippen molar-refractivity contribution in [3.05, 3.63) is 53.4 Å². The van der Waals surface area contributed by atoms with E-state index in [0.29, 0.717) is 6.42 Å². The smallest absolute Gasteiger partial charge is 0.296 e. The number of hydrogen-bond donors (Lipinski definition) is 0. The van der Waals surface area contributed by atoms with Gasteiger partial charge in [0.2, 0.25) is 0 Å². The van der Waals surface area contributed by atoms with Gasteiger partial charge in [-0.05, 0) is 51.2 Å². The van der Waals surface area contributed by atoms with E-state index >= 15 is 0 Å². The zero-order valence-electron chi connectivity index (χ0n) is 19.1. The van der Waals surface area contributed by atoms with Crippen molar-refractivity contribution in [3.8, 4) is 0 Å². The van der Waals surface area contributed by atoms with Crippen LogP contribution >= 0.6 is 0 Å². The molecule has 30 heavy (non-hydrogen) atoms. The van der Waals surface area contributed by atoms with E-state index < -0.39 is 15.2 Å². The van der Waals surface area contributed by atoms with Gasteiger partial charge in [-0.1, -0.05) is 88.1 Å². The Morgan fingerprint density at radius 2 is 1.33 bits per heavy atom. The average molecular weight is 432 g/mol. The molecule has 1 aromatic carbocycles. The number of allylic oxidation sites excluding steroid dienone is 2. The first-order valence-corrected chi connectivity index (χ1v) is 13.4. The fraction of sp³-hybridized carbons (Fsp3) is 0.654. The van der Waals surface area contributed by atoms with Crippen LogP contribution in [0, 0.1) is 13.5 Å². The van der Waals surface area contributed by atoms with Gasteiger partial charge in [0.15, 0.2) is 0 Å². The summed E-state index contributed by atoms with van der Waals surface area (Å²) in [6, 6.07) is 6.80. The third kappa shape index (κ3) is 11.0. The first-order valence-electron chi connectivity index (χ1n) is 11.8. The fourth-order valence-corrected chi connectivity index (χ4v) is 5.01. The molecule has 1 atom stereocenters. The predicted molar refractivity (Wildman–Crippen MR) is 128 cm³/mol. The van der Waals surface area contributed by atoms with Crippen molar-refractivity contribution >= 4 is 9.84 Å². The molecule has 0 aliphatic heterocycles. The minimum absolute atomic E-state index is 0.266. The Morgan fingerprint density at radius 3 is 1.87 bits per heavy atom. The normalized spacial score (nSPS) is 12.8. The Labute approximate surface area is 185 Å². The van der Waals surface area contributed by atoms with Gasteiger partial charge in [-0.2, -0.15) is 0 Å². The van der Waals surface area contributed by atoms with Crippen LogP contribution in [0.1, 0.15) is 102 Å². The van der Waals surface area contributed by atoms with Gasteiger partial charge in [0.1, 0.15) is 0 Å². The lowest BCUT2D eigenvalue weighted by atomic mass is 10.1. The topological polar surface area (TPSA) is 38.5 Å². The first kappa shape index (κ1) is 26.4. The number of unbranched alkanes of at least 4 members (excludes halogenated alkanes) is 11. The number of benzene rings is 1. The predicted octanol–water partition coefficient (Wildman–Crippen LogP) is 8.05. The van der Waals surface area contributed by atoms with Gasteiger partial charge in [0.05, 0.1) is 4.90 Å². The van der Waals surface area contributed by atoms with E-state index in [2.05, 4.69) is 23.9 Å². The summed E-state index contributed by atoms with van der Waals surface area (Å²) >= 11 is 0. The van der Waals surface area contributed by atoms with E-state index in [1.54, 1.807) is 24.3 Å². The molecule has 1 rings (SSSR count). The van der Waals surface area contributed by atoms with Crippen LogP contribution in [0.5, 0.6) is 0 Å². The van der Waals surface area contributed by atoms with E-state index in [1.807, 2.05) is 6.92 Å². The molecule has 0 aliphatic carbocycles. The van der Waals surface area contributed by atoms with Gasteiger partial charge in [-0.25, -0.2) is 15.0 Å². The van der Waals surface area contributed by atoms with Crippen molar-refractivity contribution in [1.29, 1.82) is 0 Å². The second-order valence-corrected chi connectivity index (χ2v) is 10.4. The van der Waals surface area contributed by atoms with E-state index in [9.17, 15) is 8.42 Å². The third-order valence-corrected chi connectivity index (χ3v) is 7.55. The standard InChI is InChI=1S/C26H41NO2S/c1-4-5-6-7-8-9-10-11-12-13-14-15-16-17-18-19-26(27-3)30(28,29)25-22-20-24(2)21-23-25/h11-12,20-23,26H,4-10,13-19H2,1-2H3/b12-11-. The fourth-order valence-electron chi connectivity index (χ4n) is 3.56. The molecule has 3 nitrogen and oxygen atoms in total. The van der Waals surface area contributed by atoms with E-state index in [4.69, 9.17) is 6.57 Å². The van der Waals surface area contributed by atoms with Crippen LogP contribution in [0.4, 0.5) is 0 Å². The number of sulfone groups is 1. The van der Waals surface area contributed by atoms with Gasteiger partial charge in [0.25, 0.3) is 9.84 Å². The van der Waals surface area contributed by atoms with Crippen molar-refractivity contribution in [2.75, 3.05) is 0 Å². The molecule has 0 amide bonds. The SMILES string of the molecule is [C-]#[N+]C(CCCCCCC/C=C\CCCCCCCC)S(=O)(=O)c1ccc(C)cc1. The molecule has 1 aromatic rings. The van der Waals surface area contributed by atoms with Crippen molar-refractivity contribution in [1.82, 2.24) is 0 Å². The maximum atomic E-state index is 12.6. The highest BCUT2D eigenvalue weighted by atomic mass is 32.2. The highest BCUT2D eigenvalue weighted by molar-refractivity contribution is 7.92. The molecule has 0 aliphatic rings. The van der Waals surface area contributed by atoms with Crippen LogP contribution < -0.4 is 0 Å². The zero-order valence-corrected chi connectivity index (χ0v) is 19.9. The van der Waals surface area contributed by atoms with Crippen molar-refractivity contribution in [2.24, 2.45) is 0 Å². The Kier molecular flexibility index (Phi) is 14.2. The van der Waals surface area contributed by atoms with Gasteiger partial charge >= 0.3 is 5.37 Å². The lowest BCUT2D eigenvalue weighted by Gasteiger charge is -2.08. The van der Waals surface area contributed by atoms with Crippen molar-refractivity contribution in [2.45, 2.75) is 114 Å². The largest absolute Gasteiger partial charge is 0.325 e. The first-order chi connectivity index (χ1) is 14.5. The number of hydrogen-bond acceptors (Lipinski definition) is 2. The zero-order chi connectivity index (χ0) is 22.1. The average Bonchev–Trinajstić information content (AvgIpc) is 2.73. The summed E-state index contributed by atoms with van der Waals surface area (Å²) in [4.78, 5) is 3.68. The number of nitrogens with zero attached hydrogens (tertiary/aromatic N) is 1. The van der Waals surface area contributed by atoms with Crippen LogP contribution in [0.15, 0.2) is 41.3 Å². The summed E-state index contributed by atoms with van der Waals surface area (Å²) in [7, 11) is -3.55. The molecule has 0 radical (unpaired) electrons. The summed E-state index contributed by atoms with van der Waals surface area (Å²) in [5.74, 6) is 0. The molecular weight excluding hydrogens is 390 g/mol. The quantitative estimate of drug-likeness (QED) is 0.142. The summed E-state index contributed by atoms with van der Waals surface area (Å²) in [6.07, 6.45) is 20.8. The molecule has 0 aromatic heterocycles. The maximum absolute atomic E-state index is 12.6. The van der Waals surface area contributed by atoms with Gasteiger partial charge < -0.3 is 0 Å². The molecule has 0 N–H and O–H groups in total. The lowest BCUT2D eigenvalue weighted by Crippen LogP contribution is -2.17. The molecule has 4 heteroatoms. The lowest BCUT2D eigenvalue weighted by molar-refractivity contribution is 0.565. The Bertz CT molecular complexity index is 729. The highest BCUT2D eigenvalue weighted by Gasteiger charge is 2.31. The van der Waals surface area contributed by atoms with Crippen LogP contribution in [-0.4, -0.2) is 13.8 Å². The van der Waals surface area contributed by atoms with Gasteiger partial charge in [0, 0.05) is 6.42 Å². The molecular formula is C26H41NO2S. The van der Waals surface area contributed by atoms with Crippen LogP contribution in [0.25, 0.3) is 4.85 Å². The Balaban J connectivity index is 2.10. The van der Waals surface area contributed by atoms with Crippen LogP contribution in [-0.2, 0) is 9.84 Å². The molecule has 0 saturated heterocycles. The minimum Gasteiger partial charge on any atom is -0.296 e. The van der Waals surface area contributed by atoms with Crippen molar-refractivity contribution < 1.29 is 8.42 Å². The monoisotopic (exact) mass is 431 g/mol. The van der Waals surface area contributed by atoms with Crippen molar-refractivity contribution in [3.63, 3.8) is 0 Å². The molecule has 0 saturated carbocycles. The highest BCUT2D eigenvalue weighted by Crippen LogP contribution is 2.22.